The van der Waals surface area contributed by atoms with Crippen molar-refractivity contribution in [2.45, 2.75) is 41.5 Å². The molecule has 0 amide bonds. The fourth-order valence-electron chi connectivity index (χ4n) is 4.24. The van der Waals surface area contributed by atoms with Gasteiger partial charge in [-0.25, -0.2) is 4.90 Å². The zero-order chi connectivity index (χ0) is 16.7. The smallest absolute Gasteiger partial charge is 0.215 e. The van der Waals surface area contributed by atoms with Crippen molar-refractivity contribution < 1.29 is 9.48 Å². The molecule has 1 heterocycles. The van der Waals surface area contributed by atoms with Crippen LogP contribution in [0.15, 0.2) is 24.3 Å². The summed E-state index contributed by atoms with van der Waals surface area (Å²) in [6.07, 6.45) is 2.37. The molecule has 1 aliphatic rings. The molecule has 3 rings (SSSR count). The fourth-order valence-corrected chi connectivity index (χ4v) is 4.24. The van der Waals surface area contributed by atoms with Gasteiger partial charge in [0.15, 0.2) is 6.54 Å². The van der Waals surface area contributed by atoms with Gasteiger partial charge in [-0.15, -0.1) is 4.58 Å². The third-order valence-electron chi connectivity index (χ3n) is 4.85. The average Bonchev–Trinajstić information content (AvgIpc) is 2.85. The highest BCUT2D eigenvalue weighted by atomic mass is 15.3. The summed E-state index contributed by atoms with van der Waals surface area (Å²) in [5.41, 5.74) is 11.1. The first kappa shape index (κ1) is 15.9. The Balaban J connectivity index is 2.03. The van der Waals surface area contributed by atoms with Crippen molar-refractivity contribution in [1.82, 2.24) is 0 Å². The predicted octanol–water partition coefficient (Wildman–Crippen LogP) is 3.44. The maximum absolute atomic E-state index is 2.44. The number of nitrogens with one attached hydrogen (secondary N) is 1. The van der Waals surface area contributed by atoms with E-state index in [1.165, 1.54) is 49.7 Å². The lowest BCUT2D eigenvalue weighted by Crippen LogP contribution is -3.05. The zero-order valence-electron chi connectivity index (χ0n) is 15.2. The van der Waals surface area contributed by atoms with Gasteiger partial charge in [-0.1, -0.05) is 23.3 Å². The third kappa shape index (κ3) is 2.96. The number of rotatable bonds is 2. The van der Waals surface area contributed by atoms with E-state index >= 15 is 0 Å². The van der Waals surface area contributed by atoms with E-state index in [9.17, 15) is 0 Å². The number of aryl methyl sites for hydroxylation is 6. The van der Waals surface area contributed by atoms with Crippen LogP contribution >= 0.6 is 0 Å². The second-order valence-electron chi connectivity index (χ2n) is 7.12. The van der Waals surface area contributed by atoms with Gasteiger partial charge in [-0.2, -0.15) is 0 Å². The summed E-state index contributed by atoms with van der Waals surface area (Å²) in [7, 11) is 0. The van der Waals surface area contributed by atoms with Crippen molar-refractivity contribution in [3.63, 3.8) is 0 Å². The van der Waals surface area contributed by atoms with Crippen LogP contribution in [0.1, 0.15) is 33.4 Å². The molecule has 1 N–H and O–H groups in total. The van der Waals surface area contributed by atoms with Crippen LogP contribution in [0.5, 0.6) is 0 Å². The number of hydrogen-bond donors (Lipinski definition) is 1. The van der Waals surface area contributed by atoms with Crippen LogP contribution in [0, 0.1) is 41.5 Å². The standard InChI is InChI=1S/C21H27N2/c1-14-9-16(3)20(17(4)10-14)22-7-8-23(13-22)21-18(5)11-15(2)12-19(21)6/h9-13H,7-8H2,1-6H3/q+1/p+1. The number of hydrogen-bond acceptors (Lipinski definition) is 0. The molecule has 0 spiro atoms. The maximum atomic E-state index is 2.44. The van der Waals surface area contributed by atoms with E-state index < -0.39 is 0 Å². The average molecular weight is 308 g/mol. The van der Waals surface area contributed by atoms with Gasteiger partial charge >= 0.3 is 6.34 Å². The van der Waals surface area contributed by atoms with E-state index in [2.05, 4.69) is 76.7 Å². The summed E-state index contributed by atoms with van der Waals surface area (Å²) in [5, 5.41) is 0. The minimum absolute atomic E-state index is 1.08. The van der Waals surface area contributed by atoms with Crippen LogP contribution < -0.4 is 4.90 Å². The Labute approximate surface area is 140 Å². The number of nitrogens with zero attached hydrogens (tertiary/aromatic N) is 1. The first-order chi connectivity index (χ1) is 10.9. The van der Waals surface area contributed by atoms with Crippen molar-refractivity contribution in [2.75, 3.05) is 13.1 Å². The quantitative estimate of drug-likeness (QED) is 0.813. The molecule has 2 aromatic rings. The summed E-state index contributed by atoms with van der Waals surface area (Å²) < 4.78 is 2.44. The third-order valence-corrected chi connectivity index (χ3v) is 4.85. The van der Waals surface area contributed by atoms with Crippen LogP contribution in [-0.4, -0.2) is 24.0 Å². The molecule has 0 saturated carbocycles. The predicted molar refractivity (Wildman–Crippen MR) is 97.6 cm³/mol. The van der Waals surface area contributed by atoms with Gasteiger partial charge in [0.1, 0.15) is 5.69 Å². The van der Waals surface area contributed by atoms with Crippen molar-refractivity contribution in [3.8, 4) is 0 Å². The molecule has 0 fully saturated rings. The first-order valence-corrected chi connectivity index (χ1v) is 8.50. The summed E-state index contributed by atoms with van der Waals surface area (Å²) in [4.78, 5) is 1.47. The Morgan fingerprint density at radius 1 is 0.739 bits per heavy atom. The minimum atomic E-state index is 1.08. The van der Waals surface area contributed by atoms with Gasteiger partial charge in [0.25, 0.3) is 0 Å². The molecule has 2 nitrogen and oxygen atoms in total. The van der Waals surface area contributed by atoms with Gasteiger partial charge in [0, 0.05) is 22.3 Å². The molecule has 1 aliphatic heterocycles. The van der Waals surface area contributed by atoms with Crippen molar-refractivity contribution in [1.29, 1.82) is 0 Å². The van der Waals surface area contributed by atoms with Crippen LogP contribution in [-0.2, 0) is 0 Å². The maximum Gasteiger partial charge on any atom is 0.336 e. The molecule has 2 aromatic carbocycles. The Bertz CT molecular complexity index is 753. The highest BCUT2D eigenvalue weighted by Gasteiger charge is 2.31. The normalized spacial score (nSPS) is 17.5. The lowest BCUT2D eigenvalue weighted by molar-refractivity contribution is -0.717. The topological polar surface area (TPSA) is 7.45 Å². The molecule has 0 aromatic heterocycles. The second-order valence-corrected chi connectivity index (χ2v) is 7.12. The highest BCUT2D eigenvalue weighted by Crippen LogP contribution is 2.25. The van der Waals surface area contributed by atoms with Gasteiger partial charge in [0.2, 0.25) is 12.2 Å². The zero-order valence-corrected chi connectivity index (χ0v) is 15.2. The van der Waals surface area contributed by atoms with Crippen LogP contribution in [0.4, 0.5) is 11.4 Å². The Kier molecular flexibility index (Phi) is 4.11. The van der Waals surface area contributed by atoms with E-state index in [0.717, 1.165) is 13.1 Å². The molecule has 0 radical (unpaired) electrons. The van der Waals surface area contributed by atoms with E-state index in [4.69, 9.17) is 0 Å². The summed E-state index contributed by atoms with van der Waals surface area (Å²) in [6, 6.07) is 9.18. The molecule has 1 unspecified atom stereocenters. The molecular formula is C21H28N2+2. The van der Waals surface area contributed by atoms with E-state index in [0.29, 0.717) is 0 Å². The Hall–Kier alpha value is -1.93. The van der Waals surface area contributed by atoms with Gasteiger partial charge in [-0.3, -0.25) is 0 Å². The summed E-state index contributed by atoms with van der Waals surface area (Å²) in [5.74, 6) is 0. The van der Waals surface area contributed by atoms with E-state index in [1.54, 1.807) is 0 Å². The summed E-state index contributed by atoms with van der Waals surface area (Å²) >= 11 is 0. The Morgan fingerprint density at radius 3 is 1.74 bits per heavy atom. The SMILES string of the molecule is Cc1cc(C)c([N+]2=C[NH+](c3c(C)cc(C)cc3C)CC2)c(C)c1. The monoisotopic (exact) mass is 308 g/mol. The minimum Gasteiger partial charge on any atom is -0.215 e. The van der Waals surface area contributed by atoms with Gasteiger partial charge in [-0.05, 0) is 53.7 Å². The lowest BCUT2D eigenvalue weighted by Gasteiger charge is -2.12. The lowest BCUT2D eigenvalue weighted by atomic mass is 10.0. The second kappa shape index (κ2) is 5.93. The largest absolute Gasteiger partial charge is 0.336 e. The molecule has 23 heavy (non-hydrogen) atoms. The van der Waals surface area contributed by atoms with E-state index in [1.807, 2.05) is 0 Å². The molecule has 0 saturated heterocycles. The van der Waals surface area contributed by atoms with Gasteiger partial charge < -0.3 is 0 Å². The van der Waals surface area contributed by atoms with Crippen LogP contribution in [0.25, 0.3) is 0 Å². The van der Waals surface area contributed by atoms with Crippen molar-refractivity contribution in [3.05, 3.63) is 57.6 Å². The number of quaternary nitrogens is 1. The Morgan fingerprint density at radius 2 is 1.22 bits per heavy atom. The molecule has 0 aliphatic carbocycles. The fraction of sp³-hybridized carbons (Fsp3) is 0.381. The van der Waals surface area contributed by atoms with E-state index in [-0.39, 0.29) is 0 Å². The summed E-state index contributed by atoms with van der Waals surface area (Å²) in [6.45, 7) is 15.5. The molecule has 120 valence electrons. The first-order valence-electron chi connectivity index (χ1n) is 8.50. The molecular weight excluding hydrogens is 280 g/mol. The molecule has 0 bridgehead atoms. The molecule has 2 heteroatoms. The highest BCUT2D eigenvalue weighted by molar-refractivity contribution is 5.58. The van der Waals surface area contributed by atoms with Gasteiger partial charge in [0.05, 0.1) is 0 Å². The van der Waals surface area contributed by atoms with Crippen molar-refractivity contribution in [2.24, 2.45) is 0 Å². The van der Waals surface area contributed by atoms with Crippen molar-refractivity contribution >= 4 is 17.7 Å². The van der Waals surface area contributed by atoms with Crippen LogP contribution in [0.2, 0.25) is 0 Å². The number of benzene rings is 2. The molecule has 1 atom stereocenters. The van der Waals surface area contributed by atoms with Crippen LogP contribution in [0.3, 0.4) is 0 Å².